The first-order valence-corrected chi connectivity index (χ1v) is 8.68. The molecule has 1 aliphatic rings. The van der Waals surface area contributed by atoms with Gasteiger partial charge < -0.3 is 9.64 Å². The first-order chi connectivity index (χ1) is 11.5. The highest BCUT2D eigenvalue weighted by molar-refractivity contribution is 9.10. The molecule has 0 aromatic carbocycles. The van der Waals surface area contributed by atoms with E-state index in [0.717, 1.165) is 36.4 Å². The molecule has 0 aliphatic carbocycles. The van der Waals surface area contributed by atoms with Crippen LogP contribution in [-0.4, -0.2) is 39.6 Å². The van der Waals surface area contributed by atoms with Gasteiger partial charge in [0, 0.05) is 25.5 Å². The molecule has 2 aromatic rings. The highest BCUT2D eigenvalue weighted by atomic mass is 79.9. The van der Waals surface area contributed by atoms with E-state index in [-0.39, 0.29) is 5.88 Å². The molecule has 0 N–H and O–H groups in total. The van der Waals surface area contributed by atoms with Crippen LogP contribution in [0.3, 0.4) is 0 Å². The Bertz CT molecular complexity index is 704. The fourth-order valence-corrected chi connectivity index (χ4v) is 2.93. The van der Waals surface area contributed by atoms with E-state index in [9.17, 15) is 4.39 Å². The van der Waals surface area contributed by atoms with E-state index in [4.69, 9.17) is 4.74 Å². The van der Waals surface area contributed by atoms with Crippen molar-refractivity contribution in [2.24, 2.45) is 5.92 Å². The highest BCUT2D eigenvalue weighted by Gasteiger charge is 2.22. The Morgan fingerprint density at radius 2 is 1.88 bits per heavy atom. The van der Waals surface area contributed by atoms with E-state index in [0.29, 0.717) is 24.0 Å². The van der Waals surface area contributed by atoms with Crippen molar-refractivity contribution in [1.82, 2.24) is 19.9 Å². The molecule has 24 heavy (non-hydrogen) atoms. The molecule has 0 unspecified atom stereocenters. The van der Waals surface area contributed by atoms with E-state index in [2.05, 4.69) is 40.8 Å². The molecule has 3 heterocycles. The fourth-order valence-electron chi connectivity index (χ4n) is 2.73. The van der Waals surface area contributed by atoms with Gasteiger partial charge in [-0.05, 0) is 48.5 Å². The molecule has 0 bridgehead atoms. The number of anilines is 1. The van der Waals surface area contributed by atoms with Crippen LogP contribution < -0.4 is 9.64 Å². The van der Waals surface area contributed by atoms with Gasteiger partial charge in [-0.2, -0.15) is 9.37 Å². The highest BCUT2D eigenvalue weighted by Crippen LogP contribution is 2.23. The summed E-state index contributed by atoms with van der Waals surface area (Å²) >= 11 is 3.34. The predicted octanol–water partition coefficient (Wildman–Crippen LogP) is 3.08. The van der Waals surface area contributed by atoms with Crippen molar-refractivity contribution in [2.75, 3.05) is 24.6 Å². The molecule has 128 valence electrons. The zero-order valence-electron chi connectivity index (χ0n) is 13.7. The molecular weight excluding hydrogens is 377 g/mol. The topological polar surface area (TPSA) is 64.0 Å². The minimum absolute atomic E-state index is 0.0543. The average molecular weight is 396 g/mol. The number of aromatic nitrogens is 4. The Morgan fingerprint density at radius 3 is 2.54 bits per heavy atom. The lowest BCUT2D eigenvalue weighted by Crippen LogP contribution is -2.36. The normalized spacial score (nSPS) is 15.6. The summed E-state index contributed by atoms with van der Waals surface area (Å²) in [5.41, 5.74) is 0.319. The molecule has 0 amide bonds. The standard InChI is InChI=1S/C16H19BrFN5O/c1-10-14(18)15(22-11(2)21-10)24-9-12-3-5-23(6-4-12)16-19-7-13(17)8-20-16/h7-8,12H,3-6,9H2,1-2H3. The van der Waals surface area contributed by atoms with Gasteiger partial charge in [0.05, 0.1) is 16.8 Å². The Labute approximate surface area is 148 Å². The summed E-state index contributed by atoms with van der Waals surface area (Å²) in [6.07, 6.45) is 5.40. The van der Waals surface area contributed by atoms with Gasteiger partial charge in [-0.1, -0.05) is 0 Å². The fraction of sp³-hybridized carbons (Fsp3) is 0.500. The van der Waals surface area contributed by atoms with Gasteiger partial charge in [0.25, 0.3) is 5.88 Å². The van der Waals surface area contributed by atoms with E-state index < -0.39 is 5.82 Å². The zero-order valence-corrected chi connectivity index (χ0v) is 15.3. The first kappa shape index (κ1) is 17.0. The maximum atomic E-state index is 14.0. The number of ether oxygens (including phenoxy) is 1. The number of nitrogens with zero attached hydrogens (tertiary/aromatic N) is 5. The van der Waals surface area contributed by atoms with Crippen LogP contribution in [-0.2, 0) is 0 Å². The minimum atomic E-state index is -0.471. The predicted molar refractivity (Wildman–Crippen MR) is 91.6 cm³/mol. The number of aryl methyl sites for hydroxylation is 2. The van der Waals surface area contributed by atoms with Gasteiger partial charge in [-0.15, -0.1) is 0 Å². The Balaban J connectivity index is 1.53. The molecule has 1 saturated heterocycles. The van der Waals surface area contributed by atoms with Crippen molar-refractivity contribution >= 4 is 21.9 Å². The van der Waals surface area contributed by atoms with Gasteiger partial charge in [-0.3, -0.25) is 0 Å². The van der Waals surface area contributed by atoms with E-state index in [1.807, 2.05) is 0 Å². The third-order valence-corrected chi connectivity index (χ3v) is 4.47. The van der Waals surface area contributed by atoms with Gasteiger partial charge in [0.2, 0.25) is 11.8 Å². The summed E-state index contributed by atoms with van der Waals surface area (Å²) in [7, 11) is 0. The summed E-state index contributed by atoms with van der Waals surface area (Å²) in [6, 6.07) is 0. The van der Waals surface area contributed by atoms with Gasteiger partial charge >= 0.3 is 0 Å². The van der Waals surface area contributed by atoms with E-state index in [1.165, 1.54) is 0 Å². The lowest BCUT2D eigenvalue weighted by atomic mass is 9.98. The van der Waals surface area contributed by atoms with Crippen molar-refractivity contribution in [2.45, 2.75) is 26.7 Å². The third-order valence-electron chi connectivity index (χ3n) is 4.06. The molecule has 0 radical (unpaired) electrons. The molecule has 0 atom stereocenters. The van der Waals surface area contributed by atoms with Crippen LogP contribution in [0.2, 0.25) is 0 Å². The Kier molecular flexibility index (Phi) is 5.23. The maximum Gasteiger partial charge on any atom is 0.254 e. The van der Waals surface area contributed by atoms with Crippen LogP contribution >= 0.6 is 15.9 Å². The zero-order chi connectivity index (χ0) is 17.1. The Hall–Kier alpha value is -1.83. The number of rotatable bonds is 4. The average Bonchev–Trinajstić information content (AvgIpc) is 2.58. The van der Waals surface area contributed by atoms with Gasteiger partial charge in [0.1, 0.15) is 5.82 Å². The second-order valence-corrected chi connectivity index (χ2v) is 6.83. The molecule has 0 saturated carbocycles. The number of halogens is 2. The van der Waals surface area contributed by atoms with E-state index >= 15 is 0 Å². The van der Waals surface area contributed by atoms with Crippen LogP contribution in [0.5, 0.6) is 5.88 Å². The van der Waals surface area contributed by atoms with Crippen LogP contribution in [0.15, 0.2) is 16.9 Å². The molecule has 1 aliphatic heterocycles. The maximum absolute atomic E-state index is 14.0. The second-order valence-electron chi connectivity index (χ2n) is 5.92. The lowest BCUT2D eigenvalue weighted by Gasteiger charge is -2.31. The number of hydrogen-bond donors (Lipinski definition) is 0. The monoisotopic (exact) mass is 395 g/mol. The van der Waals surface area contributed by atoms with Crippen LogP contribution in [0, 0.1) is 25.6 Å². The SMILES string of the molecule is Cc1nc(C)c(F)c(OCC2CCN(c3ncc(Br)cn3)CC2)n1. The van der Waals surface area contributed by atoms with Gasteiger partial charge in [-0.25, -0.2) is 15.0 Å². The summed E-state index contributed by atoms with van der Waals surface area (Å²) < 4.78 is 20.5. The quantitative estimate of drug-likeness (QED) is 0.792. The molecule has 0 spiro atoms. The van der Waals surface area contributed by atoms with Crippen LogP contribution in [0.25, 0.3) is 0 Å². The number of piperidine rings is 1. The molecule has 2 aromatic heterocycles. The van der Waals surface area contributed by atoms with E-state index in [1.54, 1.807) is 26.2 Å². The molecule has 1 fully saturated rings. The van der Waals surface area contributed by atoms with Crippen molar-refractivity contribution in [3.8, 4) is 5.88 Å². The smallest absolute Gasteiger partial charge is 0.254 e. The molecule has 6 nitrogen and oxygen atoms in total. The first-order valence-electron chi connectivity index (χ1n) is 7.89. The summed E-state index contributed by atoms with van der Waals surface area (Å²) in [5, 5.41) is 0. The van der Waals surface area contributed by atoms with Crippen LogP contribution in [0.4, 0.5) is 10.3 Å². The van der Waals surface area contributed by atoms with Gasteiger partial charge in [0.15, 0.2) is 0 Å². The lowest BCUT2D eigenvalue weighted by molar-refractivity contribution is 0.206. The van der Waals surface area contributed by atoms with Crippen molar-refractivity contribution in [3.63, 3.8) is 0 Å². The molecule has 3 rings (SSSR count). The second kappa shape index (κ2) is 7.38. The largest absolute Gasteiger partial charge is 0.475 e. The molecular formula is C16H19BrFN5O. The Morgan fingerprint density at radius 1 is 1.21 bits per heavy atom. The number of hydrogen-bond acceptors (Lipinski definition) is 6. The summed E-state index contributed by atoms with van der Waals surface area (Å²) in [5.74, 6) is 1.21. The van der Waals surface area contributed by atoms with Crippen molar-refractivity contribution < 1.29 is 9.13 Å². The summed E-state index contributed by atoms with van der Waals surface area (Å²) in [6.45, 7) is 5.53. The summed E-state index contributed by atoms with van der Waals surface area (Å²) in [4.78, 5) is 18.8. The third kappa shape index (κ3) is 3.98. The minimum Gasteiger partial charge on any atom is -0.475 e. The van der Waals surface area contributed by atoms with Crippen molar-refractivity contribution in [1.29, 1.82) is 0 Å². The molecule has 8 heteroatoms. The van der Waals surface area contributed by atoms with Crippen molar-refractivity contribution in [3.05, 3.63) is 34.2 Å². The van der Waals surface area contributed by atoms with Crippen LogP contribution in [0.1, 0.15) is 24.4 Å².